The number of nitrogens with two attached hydrogens (primary N) is 1. The number of carbonyl (C=O) groups excluding carboxylic acids is 1. The van der Waals surface area contributed by atoms with Crippen molar-refractivity contribution in [1.29, 1.82) is 0 Å². The minimum absolute atomic E-state index is 0.0364. The van der Waals surface area contributed by atoms with Crippen LogP contribution in [0, 0.1) is 5.92 Å². The van der Waals surface area contributed by atoms with Crippen LogP contribution in [-0.4, -0.2) is 36.6 Å². The number of nitrogen functional groups attached to an aromatic ring is 1. The number of benzene rings is 1. The third-order valence-corrected chi connectivity index (χ3v) is 12.7. The van der Waals surface area contributed by atoms with Crippen molar-refractivity contribution in [3.05, 3.63) is 29.8 Å². The number of anilines is 1. The third kappa shape index (κ3) is 7.42. The van der Waals surface area contributed by atoms with Gasteiger partial charge in [0.1, 0.15) is 0 Å². The second-order valence-corrected chi connectivity index (χ2v) is 15.5. The molecule has 0 aliphatic carbocycles. The number of esters is 1. The Kier molecular flexibility index (Phi) is 8.25. The molecule has 0 radical (unpaired) electrons. The van der Waals surface area contributed by atoms with Gasteiger partial charge >= 0.3 is 185 Å². The quantitative estimate of drug-likeness (QED) is 0.172. The molecule has 2 fully saturated rings. The van der Waals surface area contributed by atoms with Crippen LogP contribution in [0.1, 0.15) is 77.2 Å². The van der Waals surface area contributed by atoms with Crippen molar-refractivity contribution in [2.45, 2.75) is 77.2 Å². The molecule has 0 amide bonds. The Labute approximate surface area is 184 Å². The van der Waals surface area contributed by atoms with Gasteiger partial charge < -0.3 is 0 Å². The van der Waals surface area contributed by atoms with Crippen molar-refractivity contribution in [2.75, 3.05) is 27.7 Å². The van der Waals surface area contributed by atoms with Crippen LogP contribution < -0.4 is 5.73 Å². The van der Waals surface area contributed by atoms with E-state index in [1.54, 1.807) is 0 Å². The molecule has 2 heterocycles. The molecule has 4 nitrogen and oxygen atoms in total. The number of ether oxygens (including phenoxy) is 1. The summed E-state index contributed by atoms with van der Waals surface area (Å²) >= 11 is -0.929. The molecule has 0 unspecified atom stereocenters. The Morgan fingerprint density at radius 3 is 2.31 bits per heavy atom. The molecule has 29 heavy (non-hydrogen) atoms. The molecule has 1 aromatic rings. The van der Waals surface area contributed by atoms with Crippen molar-refractivity contribution in [3.8, 4) is 0 Å². The second kappa shape index (κ2) is 10.5. The zero-order valence-electron chi connectivity index (χ0n) is 18.5. The van der Waals surface area contributed by atoms with E-state index < -0.39 is 20.1 Å². The fourth-order valence-electron chi connectivity index (χ4n) is 4.44. The molecule has 0 bridgehead atoms. The molecule has 0 saturated carbocycles. The van der Waals surface area contributed by atoms with E-state index in [2.05, 4.69) is 15.2 Å². The topological polar surface area (TPSA) is 55.6 Å². The van der Waals surface area contributed by atoms with E-state index in [1.165, 1.54) is 59.6 Å². The standard InChI is InChI=1S/C24H39IN2O2/c1-24(2,3)29-23(28)6-4-5-19-11-15-25(16-12-19)27-17-13-21(14-18-27)20-7-9-22(26)10-8-20/h7-10,19,21H,4-6,11-18,26H2,1-3H3. The van der Waals surface area contributed by atoms with Gasteiger partial charge in [-0.3, -0.25) is 0 Å². The van der Waals surface area contributed by atoms with Gasteiger partial charge in [0, 0.05) is 0 Å². The monoisotopic (exact) mass is 514 g/mol. The van der Waals surface area contributed by atoms with E-state index in [9.17, 15) is 4.79 Å². The first-order chi connectivity index (χ1) is 13.8. The first-order valence-electron chi connectivity index (χ1n) is 11.2. The summed E-state index contributed by atoms with van der Waals surface area (Å²) in [6.45, 7) is 8.41. The molecule has 1 aromatic carbocycles. The van der Waals surface area contributed by atoms with Gasteiger partial charge in [0.2, 0.25) is 0 Å². The van der Waals surface area contributed by atoms with Gasteiger partial charge in [-0.25, -0.2) is 0 Å². The first-order valence-corrected chi connectivity index (χ1v) is 15.3. The van der Waals surface area contributed by atoms with Crippen LogP contribution in [0.15, 0.2) is 24.3 Å². The average molecular weight is 514 g/mol. The van der Waals surface area contributed by atoms with Crippen molar-refractivity contribution < 1.29 is 9.53 Å². The van der Waals surface area contributed by atoms with Gasteiger partial charge in [-0.1, -0.05) is 0 Å². The van der Waals surface area contributed by atoms with Crippen LogP contribution in [0.4, 0.5) is 5.69 Å². The van der Waals surface area contributed by atoms with Gasteiger partial charge in [0.15, 0.2) is 0 Å². The Morgan fingerprint density at radius 2 is 1.72 bits per heavy atom. The molecule has 164 valence electrons. The maximum atomic E-state index is 11.9. The van der Waals surface area contributed by atoms with Crippen molar-refractivity contribution in [1.82, 2.24) is 3.11 Å². The number of rotatable bonds is 6. The molecule has 3 rings (SSSR count). The Morgan fingerprint density at radius 1 is 1.10 bits per heavy atom. The molecule has 0 aromatic heterocycles. The van der Waals surface area contributed by atoms with Crippen molar-refractivity contribution >= 4 is 31.7 Å². The van der Waals surface area contributed by atoms with Gasteiger partial charge in [0.25, 0.3) is 0 Å². The summed E-state index contributed by atoms with van der Waals surface area (Å²) in [5.41, 5.74) is 7.81. The van der Waals surface area contributed by atoms with Crippen LogP contribution in [0.5, 0.6) is 0 Å². The van der Waals surface area contributed by atoms with Gasteiger partial charge in [0.05, 0.1) is 0 Å². The normalized spacial score (nSPS) is 21.3. The molecule has 0 spiro atoms. The summed E-state index contributed by atoms with van der Waals surface area (Å²) < 4.78 is 11.3. The Bertz CT molecular complexity index is 640. The van der Waals surface area contributed by atoms with Crippen LogP contribution in [0.3, 0.4) is 0 Å². The van der Waals surface area contributed by atoms with E-state index in [-0.39, 0.29) is 11.6 Å². The molecule has 2 saturated heterocycles. The number of hydrogen-bond acceptors (Lipinski definition) is 4. The number of nitrogens with zero attached hydrogens (tertiary/aromatic N) is 1. The summed E-state index contributed by atoms with van der Waals surface area (Å²) in [6.07, 6.45) is 8.14. The van der Waals surface area contributed by atoms with E-state index in [4.69, 9.17) is 10.5 Å². The summed E-state index contributed by atoms with van der Waals surface area (Å²) in [7, 11) is 0. The molecule has 0 atom stereocenters. The number of piperidine rings is 1. The molecular weight excluding hydrogens is 475 g/mol. The molecular formula is C24H39IN2O2. The second-order valence-electron chi connectivity index (χ2n) is 9.58. The van der Waals surface area contributed by atoms with Crippen molar-refractivity contribution in [3.63, 3.8) is 0 Å². The molecule has 2 N–H and O–H groups in total. The summed E-state index contributed by atoms with van der Waals surface area (Å²) in [4.78, 5) is 11.9. The van der Waals surface area contributed by atoms with Crippen LogP contribution in [-0.2, 0) is 9.53 Å². The van der Waals surface area contributed by atoms with Crippen LogP contribution in [0.2, 0.25) is 0 Å². The van der Waals surface area contributed by atoms with Crippen molar-refractivity contribution in [2.24, 2.45) is 5.92 Å². The van der Waals surface area contributed by atoms with Gasteiger partial charge in [-0.05, 0) is 0 Å². The summed E-state index contributed by atoms with van der Waals surface area (Å²) in [5, 5.41) is 0. The van der Waals surface area contributed by atoms with Gasteiger partial charge in [-0.2, -0.15) is 0 Å². The number of carbonyl (C=O) groups is 1. The Hall–Kier alpha value is -0.820. The first kappa shape index (κ1) is 22.9. The average Bonchev–Trinajstić information content (AvgIpc) is 2.68. The number of halogens is 1. The van der Waals surface area contributed by atoms with E-state index in [0.717, 1.165) is 18.0 Å². The van der Waals surface area contributed by atoms with E-state index in [1.807, 2.05) is 32.9 Å². The Balaban J connectivity index is 1.33. The zero-order valence-corrected chi connectivity index (χ0v) is 20.6. The fraction of sp³-hybridized carbons (Fsp3) is 0.708. The van der Waals surface area contributed by atoms with Gasteiger partial charge in [-0.15, -0.1) is 0 Å². The summed E-state index contributed by atoms with van der Waals surface area (Å²) in [5.74, 6) is 1.51. The number of alkyl halides is 2. The summed E-state index contributed by atoms with van der Waals surface area (Å²) in [6, 6.07) is 8.53. The molecule has 2 aliphatic heterocycles. The minimum atomic E-state index is -0.929. The fourth-order valence-corrected chi connectivity index (χ4v) is 11.5. The maximum absolute atomic E-state index is 11.9. The third-order valence-electron chi connectivity index (χ3n) is 6.07. The molecule has 2 aliphatic rings. The molecule has 5 heteroatoms. The zero-order chi connectivity index (χ0) is 20.9. The predicted octanol–water partition coefficient (Wildman–Crippen LogP) is 5.79. The van der Waals surface area contributed by atoms with Crippen LogP contribution >= 0.6 is 20.1 Å². The van der Waals surface area contributed by atoms with E-state index in [0.29, 0.717) is 12.3 Å². The van der Waals surface area contributed by atoms with E-state index >= 15 is 0 Å². The number of hydrogen-bond donors (Lipinski definition) is 1. The predicted molar refractivity (Wildman–Crippen MR) is 131 cm³/mol. The van der Waals surface area contributed by atoms with Crippen LogP contribution in [0.25, 0.3) is 0 Å². The SMILES string of the molecule is CC(C)(C)OC(=O)CCCC1CCI(N2CCC(c3ccc(N)cc3)CC2)CC1.